The zero-order valence-corrected chi connectivity index (χ0v) is 18.5. The number of aryl methyl sites for hydroxylation is 1. The van der Waals surface area contributed by atoms with E-state index in [1.807, 2.05) is 18.2 Å². The lowest BCUT2D eigenvalue weighted by Gasteiger charge is -2.31. The van der Waals surface area contributed by atoms with Crippen LogP contribution < -0.4 is 10.2 Å². The van der Waals surface area contributed by atoms with E-state index < -0.39 is 0 Å². The van der Waals surface area contributed by atoms with Gasteiger partial charge in [-0.2, -0.15) is 9.64 Å². The van der Waals surface area contributed by atoms with Crippen LogP contribution in [0.5, 0.6) is 0 Å². The third-order valence-electron chi connectivity index (χ3n) is 4.70. The van der Waals surface area contributed by atoms with Gasteiger partial charge in [0, 0.05) is 25.2 Å². The molecule has 0 aliphatic carbocycles. The minimum Gasteiger partial charge on any atom is -0.369 e. The van der Waals surface area contributed by atoms with Crippen LogP contribution in [-0.2, 0) is 4.79 Å². The van der Waals surface area contributed by atoms with Crippen molar-refractivity contribution in [1.82, 2.24) is 4.37 Å². The number of hydrogen-bond donors (Lipinski definition) is 1. The molecule has 154 valence electrons. The Balaban J connectivity index is 2.41. The smallest absolute Gasteiger partial charge is 0.221 e. The molecule has 1 heterocycles. The number of anilines is 2. The highest BCUT2D eigenvalue weighted by molar-refractivity contribution is 7.10. The molecule has 0 saturated carbocycles. The molecule has 1 aromatic heterocycles. The maximum absolute atomic E-state index is 11.7. The first-order valence-corrected chi connectivity index (χ1v) is 10.6. The Morgan fingerprint density at radius 2 is 2.14 bits per heavy atom. The number of nitriles is 1. The zero-order valence-electron chi connectivity index (χ0n) is 17.7. The third kappa shape index (κ3) is 5.84. The fourth-order valence-corrected chi connectivity index (χ4v) is 3.56. The number of amides is 1. The average Bonchev–Trinajstić information content (AvgIpc) is 3.06. The molecule has 1 atom stereocenters. The molecule has 29 heavy (non-hydrogen) atoms. The quantitative estimate of drug-likeness (QED) is 0.503. The number of hydrogen-bond acceptors (Lipinski definition) is 7. The molecule has 0 fully saturated rings. The monoisotopic (exact) mass is 412 g/mol. The van der Waals surface area contributed by atoms with Crippen LogP contribution >= 0.6 is 11.5 Å². The highest BCUT2D eigenvalue weighted by Gasteiger charge is 2.16. The Bertz CT molecular complexity index is 914. The molecule has 7 nitrogen and oxygen atoms in total. The molecule has 8 heteroatoms. The fraction of sp³-hybridized carbons (Fsp3) is 0.476. The summed E-state index contributed by atoms with van der Waals surface area (Å²) in [6, 6.07) is 8.30. The molecular formula is C21H28N6OS. The van der Waals surface area contributed by atoms with E-state index in [1.54, 1.807) is 6.92 Å². The van der Waals surface area contributed by atoms with Crippen molar-refractivity contribution in [2.24, 2.45) is 10.2 Å². The Kier molecular flexibility index (Phi) is 8.28. The minimum atomic E-state index is -0.173. The Morgan fingerprint density at radius 3 is 2.76 bits per heavy atom. The normalized spacial score (nSPS) is 12.0. The van der Waals surface area contributed by atoms with Gasteiger partial charge in [-0.25, -0.2) is 0 Å². The van der Waals surface area contributed by atoms with Gasteiger partial charge in [0.15, 0.2) is 5.00 Å². The number of nitrogens with one attached hydrogen (secondary N) is 1. The minimum absolute atomic E-state index is 0.173. The van der Waals surface area contributed by atoms with Crippen LogP contribution in [0.25, 0.3) is 0 Å². The van der Waals surface area contributed by atoms with E-state index in [-0.39, 0.29) is 5.91 Å². The summed E-state index contributed by atoms with van der Waals surface area (Å²) < 4.78 is 4.15. The number of carbonyl (C=O) groups excluding carboxylic acids is 1. The molecule has 0 saturated heterocycles. The molecule has 1 aromatic carbocycles. The van der Waals surface area contributed by atoms with Gasteiger partial charge in [-0.3, -0.25) is 4.79 Å². The standard InChI is InChI=1S/C21H28N6OS/c1-6-8-11-27(14(3)7-2)17-9-10-19(20(12-17)23-16(5)28)24-25-21-18(13-22)15(4)26-29-21/h9-10,12,14H,6-8,11H2,1-5H3,(H,23,28). The number of aromatic nitrogens is 1. The van der Waals surface area contributed by atoms with E-state index in [9.17, 15) is 10.1 Å². The summed E-state index contributed by atoms with van der Waals surface area (Å²) in [5.74, 6) is -0.173. The lowest BCUT2D eigenvalue weighted by atomic mass is 10.1. The second-order valence-electron chi connectivity index (χ2n) is 6.95. The van der Waals surface area contributed by atoms with Crippen LogP contribution in [0.4, 0.5) is 22.1 Å². The SMILES string of the molecule is CCCCN(c1ccc(N=Nc2snc(C)c2C#N)c(NC(C)=O)c1)C(C)CC. The van der Waals surface area contributed by atoms with Crippen LogP contribution in [0.2, 0.25) is 0 Å². The van der Waals surface area contributed by atoms with E-state index in [1.165, 1.54) is 6.92 Å². The lowest BCUT2D eigenvalue weighted by molar-refractivity contribution is -0.114. The van der Waals surface area contributed by atoms with Gasteiger partial charge in [0.2, 0.25) is 5.91 Å². The molecule has 2 aromatic rings. The van der Waals surface area contributed by atoms with Crippen molar-refractivity contribution in [1.29, 1.82) is 5.26 Å². The molecule has 0 spiro atoms. The first-order valence-electron chi connectivity index (χ1n) is 9.87. The van der Waals surface area contributed by atoms with Crippen LogP contribution in [0.3, 0.4) is 0 Å². The van der Waals surface area contributed by atoms with Gasteiger partial charge >= 0.3 is 0 Å². The van der Waals surface area contributed by atoms with Crippen molar-refractivity contribution in [3.05, 3.63) is 29.5 Å². The average molecular weight is 413 g/mol. The Labute approximate surface area is 176 Å². The summed E-state index contributed by atoms with van der Waals surface area (Å²) in [6.07, 6.45) is 3.25. The van der Waals surface area contributed by atoms with E-state index in [4.69, 9.17) is 0 Å². The highest BCUT2D eigenvalue weighted by Crippen LogP contribution is 2.34. The number of rotatable bonds is 9. The van der Waals surface area contributed by atoms with Gasteiger partial charge in [-0.1, -0.05) is 20.3 Å². The van der Waals surface area contributed by atoms with Crippen molar-refractivity contribution in [3.8, 4) is 6.07 Å². The van der Waals surface area contributed by atoms with Crippen molar-refractivity contribution in [3.63, 3.8) is 0 Å². The molecule has 1 unspecified atom stereocenters. The van der Waals surface area contributed by atoms with Crippen molar-refractivity contribution >= 4 is 39.5 Å². The van der Waals surface area contributed by atoms with Gasteiger partial charge in [0.05, 0.1) is 11.4 Å². The number of nitrogens with zero attached hydrogens (tertiary/aromatic N) is 5. The molecule has 0 radical (unpaired) electrons. The van der Waals surface area contributed by atoms with E-state index in [0.717, 1.165) is 43.0 Å². The van der Waals surface area contributed by atoms with Gasteiger partial charge in [0.1, 0.15) is 17.3 Å². The Hall–Kier alpha value is -2.79. The maximum atomic E-state index is 11.7. The predicted molar refractivity (Wildman–Crippen MR) is 118 cm³/mol. The van der Waals surface area contributed by atoms with Gasteiger partial charge in [0.25, 0.3) is 0 Å². The van der Waals surface area contributed by atoms with Crippen molar-refractivity contribution in [2.45, 2.75) is 59.9 Å². The molecule has 2 rings (SSSR count). The molecule has 0 bridgehead atoms. The van der Waals surface area contributed by atoms with Gasteiger partial charge in [-0.05, 0) is 56.4 Å². The highest BCUT2D eigenvalue weighted by atomic mass is 32.1. The molecule has 0 aliphatic rings. The largest absolute Gasteiger partial charge is 0.369 e. The second kappa shape index (κ2) is 10.7. The molecule has 1 N–H and O–H groups in total. The second-order valence-corrected chi connectivity index (χ2v) is 7.70. The van der Waals surface area contributed by atoms with Crippen LogP contribution in [0.15, 0.2) is 28.4 Å². The predicted octanol–water partition coefficient (Wildman–Crippen LogP) is 6.10. The number of benzene rings is 1. The lowest BCUT2D eigenvalue weighted by Crippen LogP contribution is -2.33. The summed E-state index contributed by atoms with van der Waals surface area (Å²) in [7, 11) is 0. The third-order valence-corrected chi connectivity index (χ3v) is 5.53. The van der Waals surface area contributed by atoms with E-state index in [2.05, 4.69) is 51.7 Å². The Morgan fingerprint density at radius 1 is 1.38 bits per heavy atom. The molecular weight excluding hydrogens is 384 g/mol. The van der Waals surface area contributed by atoms with Crippen LogP contribution in [-0.4, -0.2) is 22.9 Å². The summed E-state index contributed by atoms with van der Waals surface area (Å²) >= 11 is 1.14. The van der Waals surface area contributed by atoms with E-state index in [0.29, 0.717) is 33.7 Å². The zero-order chi connectivity index (χ0) is 21.4. The van der Waals surface area contributed by atoms with Crippen molar-refractivity contribution in [2.75, 3.05) is 16.8 Å². The van der Waals surface area contributed by atoms with Crippen molar-refractivity contribution < 1.29 is 4.79 Å². The maximum Gasteiger partial charge on any atom is 0.221 e. The van der Waals surface area contributed by atoms with Gasteiger partial charge in [-0.15, -0.1) is 10.2 Å². The fourth-order valence-electron chi connectivity index (χ4n) is 2.89. The summed E-state index contributed by atoms with van der Waals surface area (Å²) in [5.41, 5.74) is 3.26. The number of carbonyl (C=O) groups is 1. The number of unbranched alkanes of at least 4 members (excludes halogenated alkanes) is 1. The number of azo groups is 1. The first-order chi connectivity index (χ1) is 13.9. The summed E-state index contributed by atoms with van der Waals surface area (Å²) in [5, 5.41) is 21.1. The van der Waals surface area contributed by atoms with Crippen LogP contribution in [0, 0.1) is 18.3 Å². The topological polar surface area (TPSA) is 93.7 Å². The van der Waals surface area contributed by atoms with Gasteiger partial charge < -0.3 is 10.2 Å². The van der Waals surface area contributed by atoms with E-state index >= 15 is 0 Å². The van der Waals surface area contributed by atoms with Crippen LogP contribution in [0.1, 0.15) is 58.2 Å². The summed E-state index contributed by atoms with van der Waals surface area (Å²) in [6.45, 7) is 10.7. The molecule has 0 aliphatic heterocycles. The first kappa shape index (κ1) is 22.5. The molecule has 1 amide bonds. The summed E-state index contributed by atoms with van der Waals surface area (Å²) in [4.78, 5) is 14.1.